The fraction of sp³-hybridized carbons (Fsp3) is 0.724. The number of rotatable bonds is 8. The first kappa shape index (κ1) is 25.8. The van der Waals surface area contributed by atoms with Crippen LogP contribution in [0.2, 0.25) is 0 Å². The molecule has 0 N–H and O–H groups in total. The number of fused-ring (bicyclic) bond motifs is 1. The Morgan fingerprint density at radius 1 is 1.27 bits per heavy atom. The molecule has 7 atom stereocenters. The highest BCUT2D eigenvalue weighted by Gasteiger charge is 2.53. The summed E-state index contributed by atoms with van der Waals surface area (Å²) in [6.45, 7) is 16.6. The van der Waals surface area contributed by atoms with Gasteiger partial charge >= 0.3 is 11.9 Å². The van der Waals surface area contributed by atoms with E-state index in [1.165, 1.54) is 5.57 Å². The molecule has 184 valence electrons. The lowest BCUT2D eigenvalue weighted by Gasteiger charge is -2.53. The van der Waals surface area contributed by atoms with Crippen molar-refractivity contribution >= 4 is 11.9 Å². The largest absolute Gasteiger partial charge is 0.462 e. The van der Waals surface area contributed by atoms with Gasteiger partial charge in [0.1, 0.15) is 12.2 Å². The standard InChI is InChI=1S/C29H44O4/c1-8-21-17-23(32-26(30)18-21)13-14-24-20(5)11-12-22-15-19(4)16-25(29(22,24)10-3)33-27(31)28(6,7)9-2/h8,11-12,15,19-21,23-25H,1,9-10,13-14,16-18H2,2-7H3/t19-,20-,21+,23+,24-,25-,29-/m0/s1. The molecule has 0 aromatic heterocycles. The molecule has 0 amide bonds. The molecule has 1 aliphatic heterocycles. The quantitative estimate of drug-likeness (QED) is 0.297. The molecule has 1 heterocycles. The minimum absolute atomic E-state index is 0.0590. The van der Waals surface area contributed by atoms with E-state index >= 15 is 0 Å². The van der Waals surface area contributed by atoms with Crippen LogP contribution in [0.25, 0.3) is 0 Å². The lowest BCUT2D eigenvalue weighted by atomic mass is 9.53. The summed E-state index contributed by atoms with van der Waals surface area (Å²) in [4.78, 5) is 25.3. The number of hydrogen-bond acceptors (Lipinski definition) is 4. The van der Waals surface area contributed by atoms with Gasteiger partial charge in [0.2, 0.25) is 0 Å². The summed E-state index contributed by atoms with van der Waals surface area (Å²) in [7, 11) is 0. The SMILES string of the molecule is C=C[C@H]1CC(=O)O[C@H](CC[C@H]2[C@@H](C)C=CC3=C[C@H](C)C[C@H](OC(=O)C(C)(C)CC)[C@@]32CC)C1. The highest BCUT2D eigenvalue weighted by Crippen LogP contribution is 2.56. The third-order valence-electron chi connectivity index (χ3n) is 8.73. The van der Waals surface area contributed by atoms with Crippen molar-refractivity contribution in [1.29, 1.82) is 0 Å². The van der Waals surface area contributed by atoms with Gasteiger partial charge in [-0.15, -0.1) is 6.58 Å². The van der Waals surface area contributed by atoms with Crippen LogP contribution in [-0.4, -0.2) is 24.1 Å². The minimum Gasteiger partial charge on any atom is -0.462 e. The van der Waals surface area contributed by atoms with E-state index in [1.54, 1.807) is 0 Å². The molecule has 0 spiro atoms. The number of carbonyl (C=O) groups is 2. The fourth-order valence-corrected chi connectivity index (χ4v) is 6.23. The summed E-state index contributed by atoms with van der Waals surface area (Å²) >= 11 is 0. The monoisotopic (exact) mass is 456 g/mol. The smallest absolute Gasteiger partial charge is 0.311 e. The second kappa shape index (κ2) is 10.2. The van der Waals surface area contributed by atoms with E-state index in [-0.39, 0.29) is 35.5 Å². The van der Waals surface area contributed by atoms with Crippen LogP contribution in [0.1, 0.15) is 86.5 Å². The summed E-state index contributed by atoms with van der Waals surface area (Å²) < 4.78 is 12.1. The first-order chi connectivity index (χ1) is 15.6. The Morgan fingerprint density at radius 2 is 2.00 bits per heavy atom. The van der Waals surface area contributed by atoms with E-state index in [0.29, 0.717) is 24.2 Å². The molecule has 0 saturated carbocycles. The highest BCUT2D eigenvalue weighted by molar-refractivity contribution is 5.76. The molecule has 3 rings (SSSR count). The van der Waals surface area contributed by atoms with Crippen LogP contribution in [0.3, 0.4) is 0 Å². The summed E-state index contributed by atoms with van der Waals surface area (Å²) in [5.74, 6) is 1.07. The maximum Gasteiger partial charge on any atom is 0.311 e. The molecule has 3 aliphatic rings. The van der Waals surface area contributed by atoms with Gasteiger partial charge in [-0.2, -0.15) is 0 Å². The van der Waals surface area contributed by atoms with E-state index < -0.39 is 5.41 Å². The Morgan fingerprint density at radius 3 is 2.64 bits per heavy atom. The summed E-state index contributed by atoms with van der Waals surface area (Å²) in [5, 5.41) is 0. The van der Waals surface area contributed by atoms with Crippen LogP contribution in [-0.2, 0) is 19.1 Å². The van der Waals surface area contributed by atoms with Gasteiger partial charge < -0.3 is 9.47 Å². The van der Waals surface area contributed by atoms with E-state index in [9.17, 15) is 9.59 Å². The molecule has 0 bridgehead atoms. The fourth-order valence-electron chi connectivity index (χ4n) is 6.23. The van der Waals surface area contributed by atoms with E-state index in [2.05, 4.69) is 45.6 Å². The molecular weight excluding hydrogens is 412 g/mol. The maximum atomic E-state index is 13.2. The van der Waals surface area contributed by atoms with Gasteiger partial charge in [0, 0.05) is 5.41 Å². The Balaban J connectivity index is 1.89. The van der Waals surface area contributed by atoms with Crippen LogP contribution in [0.5, 0.6) is 0 Å². The summed E-state index contributed by atoms with van der Waals surface area (Å²) in [6.07, 6.45) is 14.3. The first-order valence-electron chi connectivity index (χ1n) is 13.0. The normalized spacial score (nSPS) is 36.4. The molecule has 1 saturated heterocycles. The zero-order chi connectivity index (χ0) is 24.4. The number of carbonyl (C=O) groups excluding carboxylic acids is 2. The highest BCUT2D eigenvalue weighted by atomic mass is 16.5. The first-order valence-corrected chi connectivity index (χ1v) is 13.0. The predicted octanol–water partition coefficient (Wildman–Crippen LogP) is 6.81. The Bertz CT molecular complexity index is 806. The average Bonchev–Trinajstić information content (AvgIpc) is 2.78. The molecule has 0 aromatic rings. The van der Waals surface area contributed by atoms with Gasteiger partial charge in [0.15, 0.2) is 0 Å². The summed E-state index contributed by atoms with van der Waals surface area (Å²) in [5.41, 5.74) is 0.640. The summed E-state index contributed by atoms with van der Waals surface area (Å²) in [6, 6.07) is 0. The number of allylic oxidation sites excluding steroid dienone is 4. The number of esters is 2. The minimum atomic E-state index is -0.485. The third-order valence-corrected chi connectivity index (χ3v) is 8.73. The van der Waals surface area contributed by atoms with Gasteiger partial charge in [-0.05, 0) is 81.6 Å². The van der Waals surface area contributed by atoms with Crippen molar-refractivity contribution in [3.05, 3.63) is 36.5 Å². The molecule has 0 aromatic carbocycles. The van der Waals surface area contributed by atoms with Crippen molar-refractivity contribution in [2.45, 2.75) is 98.7 Å². The van der Waals surface area contributed by atoms with Crippen molar-refractivity contribution in [1.82, 2.24) is 0 Å². The number of hydrogen-bond donors (Lipinski definition) is 0. The van der Waals surface area contributed by atoms with Crippen molar-refractivity contribution in [3.63, 3.8) is 0 Å². The Labute approximate surface area is 200 Å². The Kier molecular flexibility index (Phi) is 7.96. The third kappa shape index (κ3) is 5.15. The average molecular weight is 457 g/mol. The van der Waals surface area contributed by atoms with Crippen molar-refractivity contribution in [2.75, 3.05) is 0 Å². The van der Waals surface area contributed by atoms with Crippen molar-refractivity contribution in [2.24, 2.45) is 34.5 Å². The number of cyclic esters (lactones) is 1. The van der Waals surface area contributed by atoms with E-state index in [4.69, 9.17) is 9.47 Å². The van der Waals surface area contributed by atoms with Crippen LogP contribution >= 0.6 is 0 Å². The van der Waals surface area contributed by atoms with Gasteiger partial charge in [-0.3, -0.25) is 9.59 Å². The Hall–Kier alpha value is -1.84. The molecule has 4 nitrogen and oxygen atoms in total. The van der Waals surface area contributed by atoms with Gasteiger partial charge in [-0.25, -0.2) is 0 Å². The zero-order valence-electron chi connectivity index (χ0n) is 21.6. The van der Waals surface area contributed by atoms with Gasteiger partial charge in [-0.1, -0.05) is 52.0 Å². The zero-order valence-corrected chi connectivity index (χ0v) is 21.6. The van der Waals surface area contributed by atoms with Crippen LogP contribution in [0.15, 0.2) is 36.5 Å². The molecule has 2 aliphatic carbocycles. The second-order valence-corrected chi connectivity index (χ2v) is 11.3. The number of ether oxygens (including phenoxy) is 2. The molecule has 4 heteroatoms. The lowest BCUT2D eigenvalue weighted by molar-refractivity contribution is -0.172. The lowest BCUT2D eigenvalue weighted by Crippen LogP contribution is -2.52. The van der Waals surface area contributed by atoms with Gasteiger partial charge in [0.25, 0.3) is 0 Å². The van der Waals surface area contributed by atoms with Crippen LogP contribution in [0.4, 0.5) is 0 Å². The van der Waals surface area contributed by atoms with Crippen molar-refractivity contribution in [3.8, 4) is 0 Å². The molecular formula is C29H44O4. The maximum absolute atomic E-state index is 13.2. The van der Waals surface area contributed by atoms with Crippen molar-refractivity contribution < 1.29 is 19.1 Å². The van der Waals surface area contributed by atoms with Crippen LogP contribution < -0.4 is 0 Å². The molecule has 0 unspecified atom stereocenters. The van der Waals surface area contributed by atoms with E-state index in [0.717, 1.165) is 38.5 Å². The molecule has 0 radical (unpaired) electrons. The van der Waals surface area contributed by atoms with Gasteiger partial charge in [0.05, 0.1) is 11.8 Å². The molecule has 33 heavy (non-hydrogen) atoms. The molecule has 1 fully saturated rings. The predicted molar refractivity (Wildman–Crippen MR) is 132 cm³/mol. The second-order valence-electron chi connectivity index (χ2n) is 11.3. The topological polar surface area (TPSA) is 52.6 Å². The van der Waals surface area contributed by atoms with Crippen LogP contribution in [0, 0.1) is 34.5 Å². The van der Waals surface area contributed by atoms with E-state index in [1.807, 2.05) is 26.8 Å².